The highest BCUT2D eigenvalue weighted by molar-refractivity contribution is 7.99. The van der Waals surface area contributed by atoms with E-state index >= 15 is 0 Å². The molecular weight excluding hydrogens is 438 g/mol. The van der Waals surface area contributed by atoms with Gasteiger partial charge in [-0.3, -0.25) is 10.1 Å². The zero-order chi connectivity index (χ0) is 21.7. The van der Waals surface area contributed by atoms with E-state index in [1.807, 2.05) is 35.0 Å². The predicted octanol–water partition coefficient (Wildman–Crippen LogP) is 4.98. The number of ether oxygens (including phenoxy) is 2. The Bertz CT molecular complexity index is 999. The maximum atomic E-state index is 10.8. The van der Waals surface area contributed by atoms with Crippen molar-refractivity contribution in [3.8, 4) is 0 Å². The van der Waals surface area contributed by atoms with Crippen LogP contribution in [0.15, 0.2) is 72.1 Å². The van der Waals surface area contributed by atoms with E-state index in [-0.39, 0.29) is 11.8 Å². The third-order valence-electron chi connectivity index (χ3n) is 5.09. The molecule has 1 saturated heterocycles. The summed E-state index contributed by atoms with van der Waals surface area (Å²) in [6.07, 6.45) is 6.82. The molecule has 0 aliphatic carbocycles. The summed E-state index contributed by atoms with van der Waals surface area (Å²) in [4.78, 5) is 15.5. The Hall–Kier alpha value is -2.39. The van der Waals surface area contributed by atoms with Gasteiger partial charge >= 0.3 is 0 Å². The van der Waals surface area contributed by atoms with Crippen LogP contribution in [0.2, 0.25) is 5.02 Å². The van der Waals surface area contributed by atoms with Crippen molar-refractivity contribution in [2.45, 2.75) is 36.2 Å². The molecule has 2 aromatic carbocycles. The Kier molecular flexibility index (Phi) is 6.92. The summed E-state index contributed by atoms with van der Waals surface area (Å²) in [5.74, 6) is -0.0362. The number of benzene rings is 2. The van der Waals surface area contributed by atoms with Gasteiger partial charge in [-0.15, -0.1) is 11.8 Å². The Labute approximate surface area is 189 Å². The molecule has 3 aromatic rings. The second-order valence-corrected chi connectivity index (χ2v) is 8.91. The van der Waals surface area contributed by atoms with Crippen molar-refractivity contribution in [1.82, 2.24) is 9.55 Å². The summed E-state index contributed by atoms with van der Waals surface area (Å²) in [6.45, 7) is 1.05. The molecule has 0 radical (unpaired) electrons. The lowest BCUT2D eigenvalue weighted by atomic mass is 10.0. The highest BCUT2D eigenvalue weighted by atomic mass is 35.5. The summed E-state index contributed by atoms with van der Waals surface area (Å²) < 4.78 is 14.6. The van der Waals surface area contributed by atoms with E-state index in [4.69, 9.17) is 21.1 Å². The molecule has 1 aliphatic rings. The van der Waals surface area contributed by atoms with Crippen molar-refractivity contribution < 1.29 is 14.4 Å². The first-order valence-electron chi connectivity index (χ1n) is 9.91. The molecular formula is C22H22ClN3O4S. The molecule has 4 rings (SSSR count). The minimum absolute atomic E-state index is 0.0751. The van der Waals surface area contributed by atoms with Gasteiger partial charge in [0.1, 0.15) is 0 Å². The lowest BCUT2D eigenvalue weighted by Crippen LogP contribution is -2.37. The molecule has 1 aliphatic heterocycles. The minimum Gasteiger partial charge on any atom is -0.345 e. The number of hydrogen-bond donors (Lipinski definition) is 0. The van der Waals surface area contributed by atoms with E-state index in [1.54, 1.807) is 36.4 Å². The summed E-state index contributed by atoms with van der Waals surface area (Å²) in [7, 11) is 0. The molecule has 2 atom stereocenters. The first-order chi connectivity index (χ1) is 15.0. The number of non-ortho nitro benzene ring substituents is 1. The minimum atomic E-state index is -0.735. The van der Waals surface area contributed by atoms with E-state index in [0.717, 1.165) is 11.3 Å². The highest BCUT2D eigenvalue weighted by Gasteiger charge is 2.41. The van der Waals surface area contributed by atoms with Crippen LogP contribution >= 0.6 is 23.4 Å². The maximum absolute atomic E-state index is 10.8. The van der Waals surface area contributed by atoms with Crippen molar-refractivity contribution in [3.05, 3.63) is 88.0 Å². The zero-order valence-corrected chi connectivity index (χ0v) is 18.3. The lowest BCUT2D eigenvalue weighted by Gasteiger charge is -2.28. The van der Waals surface area contributed by atoms with Crippen LogP contribution in [-0.2, 0) is 22.4 Å². The number of aryl methyl sites for hydroxylation is 1. The Morgan fingerprint density at radius 3 is 2.68 bits per heavy atom. The summed E-state index contributed by atoms with van der Waals surface area (Å²) in [5, 5.41) is 11.5. The fourth-order valence-electron chi connectivity index (χ4n) is 3.49. The lowest BCUT2D eigenvalue weighted by molar-refractivity contribution is -0.384. The van der Waals surface area contributed by atoms with Crippen LogP contribution in [0, 0.1) is 10.1 Å². The van der Waals surface area contributed by atoms with Gasteiger partial charge < -0.3 is 14.0 Å². The van der Waals surface area contributed by atoms with Gasteiger partial charge in [0, 0.05) is 46.6 Å². The van der Waals surface area contributed by atoms with Crippen LogP contribution in [0.3, 0.4) is 0 Å². The molecule has 2 heterocycles. The number of halogens is 1. The highest BCUT2D eigenvalue weighted by Crippen LogP contribution is 2.33. The molecule has 0 N–H and O–H groups in total. The van der Waals surface area contributed by atoms with Gasteiger partial charge in [0.05, 0.1) is 30.5 Å². The van der Waals surface area contributed by atoms with Crippen molar-refractivity contribution >= 4 is 29.1 Å². The number of hydrogen-bond acceptors (Lipinski definition) is 6. The van der Waals surface area contributed by atoms with Crippen LogP contribution in [0.1, 0.15) is 12.0 Å². The molecule has 0 amide bonds. The van der Waals surface area contributed by atoms with Gasteiger partial charge in [-0.1, -0.05) is 23.7 Å². The normalized spacial score (nSPS) is 20.7. The van der Waals surface area contributed by atoms with Crippen molar-refractivity contribution in [1.29, 1.82) is 0 Å². The summed E-state index contributed by atoms with van der Waals surface area (Å²) >= 11 is 7.60. The number of nitro groups is 1. The van der Waals surface area contributed by atoms with E-state index in [0.29, 0.717) is 30.3 Å². The van der Waals surface area contributed by atoms with Crippen molar-refractivity contribution in [2.24, 2.45) is 0 Å². The molecule has 1 fully saturated rings. The standard InChI is InChI=1S/C22H22ClN3O4S/c23-18-3-1-17(2-4-18)9-10-22(15-25-12-11-24-16-25)29-13-20(30-22)14-31-21-7-5-19(6-8-21)26(27)28/h1-8,11-12,16,20H,9-10,13-15H2. The predicted molar refractivity (Wildman–Crippen MR) is 119 cm³/mol. The molecule has 9 heteroatoms. The van der Waals surface area contributed by atoms with Gasteiger partial charge in [0.2, 0.25) is 0 Å². The number of nitro benzene ring substituents is 1. The Morgan fingerprint density at radius 1 is 1.23 bits per heavy atom. The van der Waals surface area contributed by atoms with Gasteiger partial charge in [0.25, 0.3) is 5.69 Å². The SMILES string of the molecule is O=[N+]([O-])c1ccc(SCC2COC(CCc3ccc(Cl)cc3)(Cn3ccnc3)O2)cc1. The Balaban J connectivity index is 1.38. The molecule has 1 aromatic heterocycles. The average Bonchev–Trinajstić information content (AvgIpc) is 3.43. The molecule has 0 bridgehead atoms. The molecule has 7 nitrogen and oxygen atoms in total. The number of nitrogens with zero attached hydrogens (tertiary/aromatic N) is 3. The van der Waals surface area contributed by atoms with Gasteiger partial charge in [-0.05, 0) is 36.2 Å². The first-order valence-corrected chi connectivity index (χ1v) is 11.3. The van der Waals surface area contributed by atoms with Crippen LogP contribution in [0.25, 0.3) is 0 Å². The fraction of sp³-hybridized carbons (Fsp3) is 0.318. The molecule has 2 unspecified atom stereocenters. The van der Waals surface area contributed by atoms with Crippen LogP contribution < -0.4 is 0 Å². The van der Waals surface area contributed by atoms with Crippen LogP contribution in [0.4, 0.5) is 5.69 Å². The van der Waals surface area contributed by atoms with E-state index in [2.05, 4.69) is 4.98 Å². The second kappa shape index (κ2) is 9.82. The smallest absolute Gasteiger partial charge is 0.269 e. The van der Waals surface area contributed by atoms with Gasteiger partial charge in [-0.2, -0.15) is 0 Å². The monoisotopic (exact) mass is 459 g/mol. The van der Waals surface area contributed by atoms with Crippen LogP contribution in [-0.4, -0.2) is 38.7 Å². The number of aromatic nitrogens is 2. The molecule has 162 valence electrons. The third-order valence-corrected chi connectivity index (χ3v) is 6.48. The molecule has 31 heavy (non-hydrogen) atoms. The first kappa shape index (κ1) is 21.8. The van der Waals surface area contributed by atoms with Crippen molar-refractivity contribution in [2.75, 3.05) is 12.4 Å². The molecule has 0 spiro atoms. The van der Waals surface area contributed by atoms with Crippen molar-refractivity contribution in [3.63, 3.8) is 0 Å². The zero-order valence-electron chi connectivity index (χ0n) is 16.7. The number of rotatable bonds is 9. The number of imidazole rings is 1. The topological polar surface area (TPSA) is 79.4 Å². The maximum Gasteiger partial charge on any atom is 0.269 e. The quantitative estimate of drug-likeness (QED) is 0.255. The largest absolute Gasteiger partial charge is 0.345 e. The second-order valence-electron chi connectivity index (χ2n) is 7.39. The Morgan fingerprint density at radius 2 is 2.00 bits per heavy atom. The van der Waals surface area contributed by atoms with Crippen LogP contribution in [0.5, 0.6) is 0 Å². The van der Waals surface area contributed by atoms with E-state index in [9.17, 15) is 10.1 Å². The van der Waals surface area contributed by atoms with E-state index in [1.165, 1.54) is 17.7 Å². The third kappa shape index (κ3) is 5.86. The summed E-state index contributed by atoms with van der Waals surface area (Å²) in [6, 6.07) is 14.4. The van der Waals surface area contributed by atoms with E-state index < -0.39 is 10.7 Å². The summed E-state index contributed by atoms with van der Waals surface area (Å²) in [5.41, 5.74) is 1.26. The fourth-order valence-corrected chi connectivity index (χ4v) is 4.49. The van der Waals surface area contributed by atoms with Gasteiger partial charge in [0.15, 0.2) is 5.79 Å². The average molecular weight is 460 g/mol. The number of thioether (sulfide) groups is 1. The molecule has 0 saturated carbocycles. The van der Waals surface area contributed by atoms with Gasteiger partial charge in [-0.25, -0.2) is 4.98 Å².